The number of hydrogen-bond donors (Lipinski definition) is 1. The van der Waals surface area contributed by atoms with Gasteiger partial charge in [0.25, 0.3) is 0 Å². The van der Waals surface area contributed by atoms with Crippen molar-refractivity contribution in [3.8, 4) is 11.4 Å². The van der Waals surface area contributed by atoms with Crippen LogP contribution in [0, 0.1) is 5.92 Å². The fraction of sp³-hybridized carbons (Fsp3) is 0.300. The molecule has 0 bridgehead atoms. The Balaban J connectivity index is 1.77. The highest BCUT2D eigenvalue weighted by Crippen LogP contribution is 2.39. The van der Waals surface area contributed by atoms with Crippen LogP contribution in [-0.2, 0) is 27.5 Å². The van der Waals surface area contributed by atoms with E-state index in [0.29, 0.717) is 40.5 Å². The molecule has 0 spiro atoms. The van der Waals surface area contributed by atoms with Gasteiger partial charge in [-0.15, -0.1) is 0 Å². The number of nitrogens with zero attached hydrogens (tertiary/aromatic N) is 3. The largest absolute Gasteiger partial charge is 0.469 e. The minimum atomic E-state index is -0.296. The van der Waals surface area contributed by atoms with Crippen molar-refractivity contribution >= 4 is 46.1 Å². The first-order valence-corrected chi connectivity index (χ1v) is 10.4. The summed E-state index contributed by atoms with van der Waals surface area (Å²) in [6.07, 6.45) is 0. The van der Waals surface area contributed by atoms with Gasteiger partial charge in [0.15, 0.2) is 11.0 Å². The lowest BCUT2D eigenvalue weighted by atomic mass is 9.94. The first kappa shape index (κ1) is 19.9. The number of rotatable bonds is 5. The second kappa shape index (κ2) is 8.14. The highest BCUT2D eigenvalue weighted by Gasteiger charge is 2.21. The van der Waals surface area contributed by atoms with Crippen LogP contribution in [0.3, 0.4) is 0 Å². The summed E-state index contributed by atoms with van der Waals surface area (Å²) in [5.74, 6) is 0.392. The number of methoxy groups -OCH3 is 1. The van der Waals surface area contributed by atoms with Crippen LogP contribution in [0.15, 0.2) is 29.4 Å². The van der Waals surface area contributed by atoms with Gasteiger partial charge in [0.2, 0.25) is 5.95 Å². The summed E-state index contributed by atoms with van der Waals surface area (Å²) in [4.78, 5) is 24.7. The molecule has 1 atom stereocenters. The standard InChI is InChI=1S/C20H19ClN4O3S/c1-10(18(26)27-2)9-29-20-24-17(23-19(22)25-20)16-13-5-3-4-11-7-28-8-12(15(11)13)6-14(16)21/h3-6,10H,7-9H2,1-2H3,(H2,22,23,24,25). The number of ether oxygens (including phenoxy) is 2. The minimum absolute atomic E-state index is 0.100. The number of carbonyl (C=O) groups excluding carboxylic acids is 1. The van der Waals surface area contributed by atoms with E-state index in [0.717, 1.165) is 21.9 Å². The summed E-state index contributed by atoms with van der Waals surface area (Å²) in [5.41, 5.74) is 8.81. The Bertz CT molecular complexity index is 1110. The average Bonchev–Trinajstić information content (AvgIpc) is 2.71. The molecule has 0 saturated heterocycles. The fourth-order valence-corrected chi connectivity index (χ4v) is 4.53. The molecule has 7 nitrogen and oxygen atoms in total. The zero-order chi connectivity index (χ0) is 20.5. The number of aromatic nitrogens is 3. The first-order valence-electron chi connectivity index (χ1n) is 9.01. The number of hydrogen-bond acceptors (Lipinski definition) is 8. The Morgan fingerprint density at radius 1 is 1.31 bits per heavy atom. The molecular weight excluding hydrogens is 412 g/mol. The number of thioether (sulfide) groups is 1. The predicted molar refractivity (Wildman–Crippen MR) is 113 cm³/mol. The molecule has 9 heteroatoms. The summed E-state index contributed by atoms with van der Waals surface area (Å²) in [6.45, 7) is 2.85. The van der Waals surface area contributed by atoms with Gasteiger partial charge in [0, 0.05) is 11.3 Å². The topological polar surface area (TPSA) is 100 Å². The van der Waals surface area contributed by atoms with Gasteiger partial charge >= 0.3 is 5.97 Å². The smallest absolute Gasteiger partial charge is 0.309 e. The van der Waals surface area contributed by atoms with E-state index in [1.54, 1.807) is 6.92 Å². The van der Waals surface area contributed by atoms with Crippen molar-refractivity contribution in [2.45, 2.75) is 25.3 Å². The van der Waals surface area contributed by atoms with Crippen LogP contribution in [0.1, 0.15) is 18.1 Å². The van der Waals surface area contributed by atoms with Gasteiger partial charge in [-0.05, 0) is 28.0 Å². The molecule has 0 radical (unpaired) electrons. The molecule has 1 unspecified atom stereocenters. The highest BCUT2D eigenvalue weighted by molar-refractivity contribution is 7.99. The molecule has 0 saturated carbocycles. The zero-order valence-corrected chi connectivity index (χ0v) is 17.5. The lowest BCUT2D eigenvalue weighted by Crippen LogP contribution is -2.15. The second-order valence-electron chi connectivity index (χ2n) is 6.76. The number of benzene rings is 2. The van der Waals surface area contributed by atoms with Crippen molar-refractivity contribution in [1.82, 2.24) is 15.0 Å². The van der Waals surface area contributed by atoms with Crippen molar-refractivity contribution in [3.63, 3.8) is 0 Å². The average molecular weight is 431 g/mol. The molecule has 0 fully saturated rings. The van der Waals surface area contributed by atoms with Gasteiger partial charge in [0.05, 0.1) is 31.3 Å². The first-order chi connectivity index (χ1) is 14.0. The van der Waals surface area contributed by atoms with Gasteiger partial charge in [-0.2, -0.15) is 9.97 Å². The summed E-state index contributed by atoms with van der Waals surface area (Å²) >= 11 is 7.95. The van der Waals surface area contributed by atoms with E-state index in [9.17, 15) is 4.79 Å². The molecule has 150 valence electrons. The van der Waals surface area contributed by atoms with Crippen molar-refractivity contribution in [3.05, 3.63) is 40.4 Å². The monoisotopic (exact) mass is 430 g/mol. The number of halogens is 1. The zero-order valence-electron chi connectivity index (χ0n) is 15.9. The maximum Gasteiger partial charge on any atom is 0.309 e. The van der Waals surface area contributed by atoms with Crippen LogP contribution in [-0.4, -0.2) is 33.8 Å². The lowest BCUT2D eigenvalue weighted by molar-refractivity contribution is -0.143. The SMILES string of the molecule is COC(=O)C(C)CSc1nc(N)nc(-c2c(Cl)cc3c4c(cccc24)COC3)n1. The normalized spacial score (nSPS) is 14.0. The Morgan fingerprint density at radius 2 is 2.10 bits per heavy atom. The predicted octanol–water partition coefficient (Wildman–Crippen LogP) is 3.86. The second-order valence-corrected chi connectivity index (χ2v) is 8.15. The Kier molecular flexibility index (Phi) is 5.58. The molecule has 1 aliphatic heterocycles. The van der Waals surface area contributed by atoms with Crippen LogP contribution in [0.5, 0.6) is 0 Å². The van der Waals surface area contributed by atoms with Crippen LogP contribution in [0.25, 0.3) is 22.2 Å². The maximum atomic E-state index is 11.6. The van der Waals surface area contributed by atoms with Crippen molar-refractivity contribution < 1.29 is 14.3 Å². The lowest BCUT2D eigenvalue weighted by Gasteiger charge is -2.20. The van der Waals surface area contributed by atoms with Gasteiger partial charge in [-0.1, -0.05) is 48.5 Å². The number of nitrogens with two attached hydrogens (primary N) is 1. The Hall–Kier alpha value is -2.42. The van der Waals surface area contributed by atoms with E-state index < -0.39 is 0 Å². The third-order valence-electron chi connectivity index (χ3n) is 4.72. The van der Waals surface area contributed by atoms with Crippen molar-refractivity contribution in [2.75, 3.05) is 18.6 Å². The van der Waals surface area contributed by atoms with Crippen LogP contribution in [0.2, 0.25) is 5.02 Å². The molecule has 4 rings (SSSR count). The molecule has 0 aliphatic carbocycles. The van der Waals surface area contributed by atoms with E-state index in [1.807, 2.05) is 24.3 Å². The van der Waals surface area contributed by atoms with Crippen LogP contribution >= 0.6 is 23.4 Å². The van der Waals surface area contributed by atoms with Crippen molar-refractivity contribution in [1.29, 1.82) is 0 Å². The summed E-state index contributed by atoms with van der Waals surface area (Å²) in [7, 11) is 1.37. The highest BCUT2D eigenvalue weighted by atomic mass is 35.5. The molecule has 2 N–H and O–H groups in total. The number of anilines is 1. The molecule has 0 amide bonds. The van der Waals surface area contributed by atoms with Crippen molar-refractivity contribution in [2.24, 2.45) is 5.92 Å². The summed E-state index contributed by atoms with van der Waals surface area (Å²) in [6, 6.07) is 7.91. The molecule has 29 heavy (non-hydrogen) atoms. The number of carbonyl (C=O) groups is 1. The molecule has 1 aromatic heterocycles. The van der Waals surface area contributed by atoms with E-state index in [2.05, 4.69) is 15.0 Å². The van der Waals surface area contributed by atoms with E-state index in [4.69, 9.17) is 26.8 Å². The third-order valence-corrected chi connectivity index (χ3v) is 6.12. The summed E-state index contributed by atoms with van der Waals surface area (Å²) < 4.78 is 10.4. The van der Waals surface area contributed by atoms with Gasteiger partial charge in [0.1, 0.15) is 0 Å². The van der Waals surface area contributed by atoms with Gasteiger partial charge in [-0.25, -0.2) is 4.98 Å². The number of esters is 1. The quantitative estimate of drug-likeness (QED) is 0.481. The molecule has 1 aliphatic rings. The van der Waals surface area contributed by atoms with Crippen LogP contribution < -0.4 is 5.73 Å². The Labute approximate surface area is 177 Å². The molecule has 3 aromatic rings. The minimum Gasteiger partial charge on any atom is -0.469 e. The van der Waals surface area contributed by atoms with Gasteiger partial charge < -0.3 is 15.2 Å². The summed E-state index contributed by atoms with van der Waals surface area (Å²) in [5, 5.41) is 3.03. The fourth-order valence-electron chi connectivity index (χ4n) is 3.36. The van der Waals surface area contributed by atoms with Gasteiger partial charge in [-0.3, -0.25) is 4.79 Å². The molecule has 2 aromatic carbocycles. The third kappa shape index (κ3) is 3.88. The van der Waals surface area contributed by atoms with E-state index in [-0.39, 0.29) is 17.8 Å². The Morgan fingerprint density at radius 3 is 2.90 bits per heavy atom. The maximum absolute atomic E-state index is 11.6. The van der Waals surface area contributed by atoms with E-state index >= 15 is 0 Å². The molecule has 2 heterocycles. The molecular formula is C20H19ClN4O3S. The number of nitrogen functional groups attached to an aromatic ring is 1. The van der Waals surface area contributed by atoms with Crippen LogP contribution in [0.4, 0.5) is 5.95 Å². The van der Waals surface area contributed by atoms with E-state index in [1.165, 1.54) is 18.9 Å².